The fourth-order valence-corrected chi connectivity index (χ4v) is 4.44. The second kappa shape index (κ2) is 6.50. The summed E-state index contributed by atoms with van der Waals surface area (Å²) in [5.74, 6) is 1.20. The Hall–Kier alpha value is -3.03. The quantitative estimate of drug-likeness (QED) is 0.661. The molecule has 3 aromatic heterocycles. The third-order valence-corrected chi connectivity index (χ3v) is 5.92. The molecule has 5 heterocycles. The smallest absolute Gasteiger partial charge is 0.356 e. The summed E-state index contributed by atoms with van der Waals surface area (Å²) in [6.45, 7) is 2.72. The van der Waals surface area contributed by atoms with Crippen LogP contribution in [0.1, 0.15) is 15.9 Å². The number of anilines is 1. The lowest BCUT2D eigenvalue weighted by Gasteiger charge is -2.22. The number of fused-ring (bicyclic) bond motifs is 2. The normalized spacial score (nSPS) is 21.8. The second-order valence-electron chi connectivity index (χ2n) is 7.80. The topological polar surface area (TPSA) is 40.9 Å². The number of hydrogen-bond donors (Lipinski definition) is 0. The number of likely N-dealkylation sites (tertiary alicyclic amines) is 1. The molecular weight excluding hydrogens is 381 g/mol. The average molecular weight is 400 g/mol. The molecule has 0 aromatic carbocycles. The number of amides is 1. The molecule has 2 aliphatic rings. The van der Waals surface area contributed by atoms with E-state index in [1.54, 1.807) is 0 Å². The van der Waals surface area contributed by atoms with Crippen molar-refractivity contribution in [2.24, 2.45) is 11.8 Å². The minimum absolute atomic E-state index is 0.0299. The van der Waals surface area contributed by atoms with E-state index in [1.165, 1.54) is 6.07 Å². The van der Waals surface area contributed by atoms with Gasteiger partial charge in [0.1, 0.15) is 5.82 Å². The van der Waals surface area contributed by atoms with Crippen molar-refractivity contribution in [3.8, 4) is 0 Å². The van der Waals surface area contributed by atoms with Crippen molar-refractivity contribution in [2.45, 2.75) is 6.18 Å². The van der Waals surface area contributed by atoms with Gasteiger partial charge in [-0.15, -0.1) is 0 Å². The van der Waals surface area contributed by atoms with Gasteiger partial charge in [-0.3, -0.25) is 4.79 Å². The summed E-state index contributed by atoms with van der Waals surface area (Å²) >= 11 is 0. The maximum Gasteiger partial charge on any atom is 0.417 e. The van der Waals surface area contributed by atoms with Crippen molar-refractivity contribution in [3.63, 3.8) is 0 Å². The molecule has 1 amide bonds. The molecule has 0 spiro atoms. The van der Waals surface area contributed by atoms with Gasteiger partial charge >= 0.3 is 6.18 Å². The molecule has 8 heteroatoms. The largest absolute Gasteiger partial charge is 0.417 e. The maximum absolute atomic E-state index is 12.9. The summed E-state index contributed by atoms with van der Waals surface area (Å²) in [4.78, 5) is 20.8. The van der Waals surface area contributed by atoms with Crippen LogP contribution < -0.4 is 4.90 Å². The zero-order valence-corrected chi connectivity index (χ0v) is 15.5. The lowest BCUT2D eigenvalue weighted by molar-refractivity contribution is -0.137. The van der Waals surface area contributed by atoms with Crippen molar-refractivity contribution in [1.82, 2.24) is 14.3 Å². The summed E-state index contributed by atoms with van der Waals surface area (Å²) < 4.78 is 40.1. The Morgan fingerprint density at radius 2 is 1.79 bits per heavy atom. The third kappa shape index (κ3) is 3.22. The van der Waals surface area contributed by atoms with E-state index in [0.717, 1.165) is 17.8 Å². The molecule has 2 aliphatic heterocycles. The van der Waals surface area contributed by atoms with Crippen LogP contribution >= 0.6 is 0 Å². The zero-order valence-electron chi connectivity index (χ0n) is 15.5. The maximum atomic E-state index is 12.9. The predicted octanol–water partition coefficient (Wildman–Crippen LogP) is 3.56. The third-order valence-electron chi connectivity index (χ3n) is 5.92. The number of carbonyl (C=O) groups is 1. The first-order valence-electron chi connectivity index (χ1n) is 9.53. The molecule has 0 radical (unpaired) electrons. The van der Waals surface area contributed by atoms with Gasteiger partial charge in [0.2, 0.25) is 0 Å². The molecule has 5 rings (SSSR count). The second-order valence-corrected chi connectivity index (χ2v) is 7.80. The molecule has 0 bridgehead atoms. The SMILES string of the molecule is O=C(c1cc2ccccn2c1)N1CC2CN(c3ccc(C(F)(F)F)cn3)CC2C1. The molecule has 0 N–H and O–H groups in total. The molecule has 0 saturated carbocycles. The number of rotatable bonds is 2. The highest BCUT2D eigenvalue weighted by Crippen LogP contribution is 2.35. The van der Waals surface area contributed by atoms with Gasteiger partial charge in [0.15, 0.2) is 0 Å². The molecule has 2 unspecified atom stereocenters. The van der Waals surface area contributed by atoms with E-state index in [2.05, 4.69) is 4.98 Å². The first kappa shape index (κ1) is 18.0. The highest BCUT2D eigenvalue weighted by atomic mass is 19.4. The van der Waals surface area contributed by atoms with Gasteiger partial charge in [-0.25, -0.2) is 4.98 Å². The van der Waals surface area contributed by atoms with Crippen molar-refractivity contribution in [1.29, 1.82) is 0 Å². The van der Waals surface area contributed by atoms with Crippen LogP contribution in [0.5, 0.6) is 0 Å². The lowest BCUT2D eigenvalue weighted by atomic mass is 10.0. The van der Waals surface area contributed by atoms with Gasteiger partial charge in [-0.2, -0.15) is 13.2 Å². The number of halogens is 3. The van der Waals surface area contributed by atoms with Gasteiger partial charge in [-0.1, -0.05) is 6.07 Å². The number of alkyl halides is 3. The zero-order chi connectivity index (χ0) is 20.2. The van der Waals surface area contributed by atoms with Crippen molar-refractivity contribution in [3.05, 3.63) is 66.1 Å². The molecule has 0 aliphatic carbocycles. The highest BCUT2D eigenvalue weighted by molar-refractivity contribution is 5.95. The monoisotopic (exact) mass is 400 g/mol. The molecule has 150 valence electrons. The van der Waals surface area contributed by atoms with Crippen LogP contribution in [0.2, 0.25) is 0 Å². The molecular formula is C21H19F3N4O. The Labute approximate surface area is 165 Å². The van der Waals surface area contributed by atoms with Crippen molar-refractivity contribution >= 4 is 17.2 Å². The summed E-state index contributed by atoms with van der Waals surface area (Å²) in [5.41, 5.74) is 0.921. The summed E-state index contributed by atoms with van der Waals surface area (Å²) in [6, 6.07) is 10.2. The van der Waals surface area contributed by atoms with Crippen LogP contribution in [-0.4, -0.2) is 46.4 Å². The summed E-state index contributed by atoms with van der Waals surface area (Å²) in [7, 11) is 0. The van der Waals surface area contributed by atoms with Gasteiger partial charge in [-0.05, 0) is 30.3 Å². The van der Waals surface area contributed by atoms with E-state index in [4.69, 9.17) is 0 Å². The minimum Gasteiger partial charge on any atom is -0.356 e. The highest BCUT2D eigenvalue weighted by Gasteiger charge is 2.42. The van der Waals surface area contributed by atoms with Crippen LogP contribution in [0, 0.1) is 11.8 Å². The van der Waals surface area contributed by atoms with E-state index in [1.807, 2.05) is 50.9 Å². The number of aromatic nitrogens is 2. The fraction of sp³-hybridized carbons (Fsp3) is 0.333. The first-order chi connectivity index (χ1) is 13.9. The fourth-order valence-electron chi connectivity index (χ4n) is 4.44. The van der Waals surface area contributed by atoms with E-state index in [9.17, 15) is 18.0 Å². The minimum atomic E-state index is -4.38. The Morgan fingerprint density at radius 3 is 2.41 bits per heavy atom. The predicted molar refractivity (Wildman–Crippen MR) is 102 cm³/mol. The standard InChI is InChI=1S/C21H19F3N4O/c22-21(23,24)17-4-5-19(25-8-17)27-10-15-12-28(13-16(15)11-27)20(29)14-7-18-3-1-2-6-26(18)9-14/h1-9,15-16H,10-13H2. The Balaban J connectivity index is 1.25. The number of nitrogens with zero attached hydrogens (tertiary/aromatic N) is 4. The van der Waals surface area contributed by atoms with E-state index >= 15 is 0 Å². The van der Waals surface area contributed by atoms with E-state index < -0.39 is 11.7 Å². The van der Waals surface area contributed by atoms with Gasteiger partial charge in [0.05, 0.1) is 11.1 Å². The summed E-state index contributed by atoms with van der Waals surface area (Å²) in [5, 5.41) is 0. The van der Waals surface area contributed by atoms with Gasteiger partial charge < -0.3 is 14.2 Å². The number of carbonyl (C=O) groups excluding carboxylic acids is 1. The number of hydrogen-bond acceptors (Lipinski definition) is 3. The van der Waals surface area contributed by atoms with Crippen LogP contribution in [0.3, 0.4) is 0 Å². The molecule has 2 fully saturated rings. The Kier molecular flexibility index (Phi) is 4.04. The van der Waals surface area contributed by atoms with Crippen molar-refractivity contribution in [2.75, 3.05) is 31.1 Å². The van der Waals surface area contributed by atoms with Crippen molar-refractivity contribution < 1.29 is 18.0 Å². The number of pyridine rings is 2. The molecule has 29 heavy (non-hydrogen) atoms. The first-order valence-corrected chi connectivity index (χ1v) is 9.53. The molecule has 3 aromatic rings. The lowest BCUT2D eigenvalue weighted by Crippen LogP contribution is -2.33. The van der Waals surface area contributed by atoms with Crippen LogP contribution in [0.25, 0.3) is 5.52 Å². The Bertz CT molecular complexity index is 1010. The molecule has 5 nitrogen and oxygen atoms in total. The summed E-state index contributed by atoms with van der Waals surface area (Å²) in [6.07, 6.45) is 0.277. The molecule has 2 atom stereocenters. The average Bonchev–Trinajstić information content (AvgIpc) is 3.39. The molecule has 2 saturated heterocycles. The van der Waals surface area contributed by atoms with Crippen LogP contribution in [-0.2, 0) is 6.18 Å². The van der Waals surface area contributed by atoms with Gasteiger partial charge in [0.25, 0.3) is 5.91 Å². The van der Waals surface area contributed by atoms with Crippen LogP contribution in [0.15, 0.2) is 55.0 Å². The Morgan fingerprint density at radius 1 is 1.03 bits per heavy atom. The van der Waals surface area contributed by atoms with Crippen LogP contribution in [0.4, 0.5) is 19.0 Å². The van der Waals surface area contributed by atoms with E-state index in [0.29, 0.717) is 49.4 Å². The van der Waals surface area contributed by atoms with E-state index in [-0.39, 0.29) is 5.91 Å². The van der Waals surface area contributed by atoms with Gasteiger partial charge in [0, 0.05) is 62.1 Å².